The molecule has 0 spiro atoms. The van der Waals surface area contributed by atoms with E-state index in [1.807, 2.05) is 4.90 Å². The molecule has 24 heavy (non-hydrogen) atoms. The monoisotopic (exact) mass is 335 g/mol. The molecular weight excluding hydrogens is 310 g/mol. The number of hydrogen-bond donors (Lipinski definition) is 2. The van der Waals surface area contributed by atoms with E-state index in [0.717, 1.165) is 32.5 Å². The highest BCUT2D eigenvalue weighted by atomic mass is 16.3. The van der Waals surface area contributed by atoms with Gasteiger partial charge in [-0.3, -0.25) is 14.3 Å². The number of nitrogens with one attached hydrogen (secondary N) is 1. The topological polar surface area (TPSA) is 90.7 Å². The number of carbonyl (C=O) groups excluding carboxylic acids is 2. The SMILES string of the molecule is CCCN1CCCN(C(=O)c2cc3n(n2)CC(O)CNC3=O)CC1. The van der Waals surface area contributed by atoms with E-state index in [-0.39, 0.29) is 30.6 Å². The molecule has 0 aromatic carbocycles. The van der Waals surface area contributed by atoms with Gasteiger partial charge in [0.2, 0.25) is 0 Å². The van der Waals surface area contributed by atoms with Gasteiger partial charge >= 0.3 is 0 Å². The van der Waals surface area contributed by atoms with Crippen LogP contribution < -0.4 is 5.32 Å². The molecular formula is C16H25N5O3. The Hall–Kier alpha value is -1.93. The fraction of sp³-hybridized carbons (Fsp3) is 0.688. The standard InChI is InChI=1S/C16H25N5O3/c1-2-4-19-5-3-6-20(8-7-19)16(24)13-9-14-15(23)17-10-12(22)11-21(14)18-13/h9,12,22H,2-8,10-11H2,1H3,(H,17,23). The molecule has 1 aromatic heterocycles. The fourth-order valence-electron chi connectivity index (χ4n) is 3.28. The summed E-state index contributed by atoms with van der Waals surface area (Å²) in [6, 6.07) is 1.53. The molecule has 3 heterocycles. The quantitative estimate of drug-likeness (QED) is 0.780. The first-order valence-electron chi connectivity index (χ1n) is 8.64. The molecule has 1 atom stereocenters. The normalized spacial score (nSPS) is 22.5. The summed E-state index contributed by atoms with van der Waals surface area (Å²) in [5.74, 6) is -0.445. The average molecular weight is 335 g/mol. The van der Waals surface area contributed by atoms with Crippen LogP contribution in [0.25, 0.3) is 0 Å². The smallest absolute Gasteiger partial charge is 0.274 e. The molecule has 2 amide bonds. The third-order valence-electron chi connectivity index (χ3n) is 4.53. The maximum absolute atomic E-state index is 12.7. The predicted octanol–water partition coefficient (Wildman–Crippen LogP) is -0.455. The van der Waals surface area contributed by atoms with Crippen molar-refractivity contribution in [3.05, 3.63) is 17.5 Å². The number of aliphatic hydroxyl groups excluding tert-OH is 1. The van der Waals surface area contributed by atoms with E-state index in [1.165, 1.54) is 10.7 Å². The Morgan fingerprint density at radius 3 is 3.00 bits per heavy atom. The van der Waals surface area contributed by atoms with Crippen molar-refractivity contribution in [2.24, 2.45) is 0 Å². The van der Waals surface area contributed by atoms with Gasteiger partial charge in [-0.15, -0.1) is 0 Å². The van der Waals surface area contributed by atoms with Crippen LogP contribution in [0.2, 0.25) is 0 Å². The maximum Gasteiger partial charge on any atom is 0.274 e. The minimum absolute atomic E-state index is 0.142. The van der Waals surface area contributed by atoms with Crippen LogP contribution in [0, 0.1) is 0 Å². The lowest BCUT2D eigenvalue weighted by Crippen LogP contribution is -2.35. The first-order valence-corrected chi connectivity index (χ1v) is 8.64. The van der Waals surface area contributed by atoms with Crippen LogP contribution in [0.5, 0.6) is 0 Å². The van der Waals surface area contributed by atoms with Gasteiger partial charge in [-0.2, -0.15) is 5.10 Å². The number of β-amino-alcohol motifs (C(OH)–C–C–N with tert-alkyl or cyclic N) is 1. The minimum atomic E-state index is -0.696. The summed E-state index contributed by atoms with van der Waals surface area (Å²) in [4.78, 5) is 29.0. The van der Waals surface area contributed by atoms with Crippen LogP contribution in [0.15, 0.2) is 6.07 Å². The Kier molecular flexibility index (Phi) is 5.15. The number of carbonyl (C=O) groups is 2. The second-order valence-corrected chi connectivity index (χ2v) is 6.45. The molecule has 0 bridgehead atoms. The van der Waals surface area contributed by atoms with Crippen molar-refractivity contribution in [2.75, 3.05) is 39.3 Å². The van der Waals surface area contributed by atoms with E-state index in [1.54, 1.807) is 0 Å². The molecule has 1 saturated heterocycles. The summed E-state index contributed by atoms with van der Waals surface area (Å²) >= 11 is 0. The van der Waals surface area contributed by atoms with Gasteiger partial charge in [-0.25, -0.2) is 0 Å². The molecule has 2 aliphatic heterocycles. The number of amides is 2. The fourth-order valence-corrected chi connectivity index (χ4v) is 3.28. The zero-order chi connectivity index (χ0) is 17.1. The highest BCUT2D eigenvalue weighted by molar-refractivity contribution is 5.98. The van der Waals surface area contributed by atoms with Crippen molar-refractivity contribution < 1.29 is 14.7 Å². The summed E-state index contributed by atoms with van der Waals surface area (Å²) < 4.78 is 1.43. The van der Waals surface area contributed by atoms with Crippen molar-refractivity contribution in [3.8, 4) is 0 Å². The van der Waals surface area contributed by atoms with Gasteiger partial charge in [0.15, 0.2) is 5.69 Å². The van der Waals surface area contributed by atoms with Crippen molar-refractivity contribution >= 4 is 11.8 Å². The van der Waals surface area contributed by atoms with Crippen LogP contribution in [0.4, 0.5) is 0 Å². The highest BCUT2D eigenvalue weighted by Crippen LogP contribution is 2.13. The van der Waals surface area contributed by atoms with Crippen LogP contribution in [-0.2, 0) is 6.54 Å². The van der Waals surface area contributed by atoms with Crippen molar-refractivity contribution in [3.63, 3.8) is 0 Å². The Balaban J connectivity index is 1.73. The van der Waals surface area contributed by atoms with E-state index in [0.29, 0.717) is 18.8 Å². The number of aliphatic hydroxyl groups is 1. The summed E-state index contributed by atoms with van der Waals surface area (Å²) in [6.07, 6.45) is 1.36. The molecule has 2 N–H and O–H groups in total. The first-order chi connectivity index (χ1) is 11.6. The Labute approximate surface area is 141 Å². The number of hydrogen-bond acceptors (Lipinski definition) is 5. The van der Waals surface area contributed by atoms with Crippen molar-refractivity contribution in [1.82, 2.24) is 24.9 Å². The van der Waals surface area contributed by atoms with Crippen molar-refractivity contribution in [1.29, 1.82) is 0 Å². The maximum atomic E-state index is 12.7. The second kappa shape index (κ2) is 7.31. The number of rotatable bonds is 3. The Morgan fingerprint density at radius 2 is 2.21 bits per heavy atom. The molecule has 1 unspecified atom stereocenters. The number of nitrogens with zero attached hydrogens (tertiary/aromatic N) is 4. The van der Waals surface area contributed by atoms with Crippen molar-refractivity contribution in [2.45, 2.75) is 32.4 Å². The highest BCUT2D eigenvalue weighted by Gasteiger charge is 2.27. The zero-order valence-corrected chi connectivity index (χ0v) is 14.1. The van der Waals surface area contributed by atoms with Gasteiger partial charge in [-0.05, 0) is 25.9 Å². The van der Waals surface area contributed by atoms with Crippen LogP contribution in [-0.4, -0.2) is 81.9 Å². The lowest BCUT2D eigenvalue weighted by Gasteiger charge is -2.20. The third-order valence-corrected chi connectivity index (χ3v) is 4.53. The molecule has 2 aliphatic rings. The van der Waals surface area contributed by atoms with Crippen LogP contribution >= 0.6 is 0 Å². The Bertz CT molecular complexity index is 615. The number of fused-ring (bicyclic) bond motifs is 1. The molecule has 0 aliphatic carbocycles. The van der Waals surface area contributed by atoms with Gasteiger partial charge in [0.1, 0.15) is 5.69 Å². The summed E-state index contributed by atoms with van der Waals surface area (Å²) in [6.45, 7) is 6.88. The second-order valence-electron chi connectivity index (χ2n) is 6.45. The zero-order valence-electron chi connectivity index (χ0n) is 14.1. The Morgan fingerprint density at radius 1 is 1.38 bits per heavy atom. The number of aromatic nitrogens is 2. The lowest BCUT2D eigenvalue weighted by molar-refractivity contribution is 0.0753. The van der Waals surface area contributed by atoms with Crippen LogP contribution in [0.3, 0.4) is 0 Å². The summed E-state index contributed by atoms with van der Waals surface area (Å²) in [5, 5.41) is 16.7. The average Bonchev–Trinajstić information content (AvgIpc) is 2.76. The molecule has 0 radical (unpaired) electrons. The van der Waals surface area contributed by atoms with E-state index < -0.39 is 6.10 Å². The van der Waals surface area contributed by atoms with E-state index in [4.69, 9.17) is 0 Å². The van der Waals surface area contributed by atoms with Crippen LogP contribution in [0.1, 0.15) is 40.7 Å². The first kappa shape index (κ1) is 16.9. The molecule has 8 nitrogen and oxygen atoms in total. The minimum Gasteiger partial charge on any atom is -0.389 e. The summed E-state index contributed by atoms with van der Waals surface area (Å²) in [7, 11) is 0. The van der Waals surface area contributed by atoms with E-state index in [9.17, 15) is 14.7 Å². The molecule has 3 rings (SSSR count). The lowest BCUT2D eigenvalue weighted by atomic mass is 10.3. The molecule has 0 saturated carbocycles. The van der Waals surface area contributed by atoms with E-state index in [2.05, 4.69) is 22.2 Å². The summed E-state index contributed by atoms with van der Waals surface area (Å²) in [5.41, 5.74) is 0.607. The predicted molar refractivity (Wildman–Crippen MR) is 87.8 cm³/mol. The molecule has 8 heteroatoms. The van der Waals surface area contributed by atoms with Gasteiger partial charge < -0.3 is 20.2 Å². The van der Waals surface area contributed by atoms with E-state index >= 15 is 0 Å². The largest absolute Gasteiger partial charge is 0.389 e. The van der Waals surface area contributed by atoms with Gasteiger partial charge in [0, 0.05) is 32.2 Å². The molecule has 132 valence electrons. The van der Waals surface area contributed by atoms with Gasteiger partial charge in [0.25, 0.3) is 11.8 Å². The van der Waals surface area contributed by atoms with Gasteiger partial charge in [-0.1, -0.05) is 6.92 Å². The molecule has 1 aromatic rings. The van der Waals surface area contributed by atoms with Gasteiger partial charge in [0.05, 0.1) is 12.6 Å². The molecule has 1 fully saturated rings. The third kappa shape index (κ3) is 3.59.